The zero-order valence-corrected chi connectivity index (χ0v) is 11.2. The van der Waals surface area contributed by atoms with Gasteiger partial charge < -0.3 is 9.88 Å². The van der Waals surface area contributed by atoms with Gasteiger partial charge in [0.25, 0.3) is 0 Å². The minimum atomic E-state index is 0.701. The first kappa shape index (κ1) is 12.9. The second-order valence-electron chi connectivity index (χ2n) is 5.05. The number of hydrogen-bond donors (Lipinski definition) is 1. The third-order valence-electron chi connectivity index (χ3n) is 2.84. The van der Waals surface area contributed by atoms with E-state index >= 15 is 0 Å². The normalized spacial score (nSPS) is 11.3. The summed E-state index contributed by atoms with van der Waals surface area (Å²) in [7, 11) is 0. The van der Waals surface area contributed by atoms with Crippen LogP contribution in [0.5, 0.6) is 0 Å². The first-order chi connectivity index (χ1) is 8.74. The fraction of sp³-hybridized carbons (Fsp3) is 0.500. The molecule has 4 heteroatoms. The second kappa shape index (κ2) is 6.40. The van der Waals surface area contributed by atoms with E-state index in [1.165, 1.54) is 5.56 Å². The number of aryl methyl sites for hydroxylation is 2. The molecule has 0 aliphatic heterocycles. The smallest absolute Gasteiger partial charge is 0.0588 e. The number of aromatic nitrogens is 3. The van der Waals surface area contributed by atoms with E-state index in [-0.39, 0.29) is 0 Å². The lowest BCUT2D eigenvalue weighted by Crippen LogP contribution is -2.18. The highest BCUT2D eigenvalue weighted by atomic mass is 15.3. The van der Waals surface area contributed by atoms with Gasteiger partial charge in [-0.25, -0.2) is 0 Å². The van der Waals surface area contributed by atoms with Crippen molar-refractivity contribution in [3.8, 4) is 0 Å². The van der Waals surface area contributed by atoms with Gasteiger partial charge >= 0.3 is 0 Å². The van der Waals surface area contributed by atoms with Crippen LogP contribution in [0.1, 0.15) is 19.4 Å². The fourth-order valence-electron chi connectivity index (χ4n) is 1.89. The van der Waals surface area contributed by atoms with Crippen molar-refractivity contribution in [2.24, 2.45) is 5.92 Å². The van der Waals surface area contributed by atoms with Crippen molar-refractivity contribution in [2.45, 2.75) is 33.5 Å². The lowest BCUT2D eigenvalue weighted by Gasteiger charge is -2.06. The number of rotatable bonds is 7. The molecular formula is C14H22N4. The van der Waals surface area contributed by atoms with Crippen LogP contribution in [0.2, 0.25) is 0 Å². The molecule has 0 spiro atoms. The van der Waals surface area contributed by atoms with Crippen molar-refractivity contribution in [1.82, 2.24) is 19.7 Å². The van der Waals surface area contributed by atoms with Gasteiger partial charge in [0.05, 0.1) is 6.54 Å². The Morgan fingerprint density at radius 3 is 2.89 bits per heavy atom. The zero-order valence-electron chi connectivity index (χ0n) is 11.2. The summed E-state index contributed by atoms with van der Waals surface area (Å²) in [4.78, 5) is 0. The largest absolute Gasteiger partial charge is 0.352 e. The van der Waals surface area contributed by atoms with Crippen molar-refractivity contribution >= 4 is 0 Å². The number of nitrogens with zero attached hydrogens (tertiary/aromatic N) is 3. The van der Waals surface area contributed by atoms with Crippen LogP contribution in [0.3, 0.4) is 0 Å². The molecule has 0 atom stereocenters. The van der Waals surface area contributed by atoms with Gasteiger partial charge in [-0.05, 0) is 30.2 Å². The van der Waals surface area contributed by atoms with Crippen LogP contribution in [0.4, 0.5) is 0 Å². The molecule has 2 aromatic heterocycles. The minimum Gasteiger partial charge on any atom is -0.352 e. The minimum absolute atomic E-state index is 0.701. The summed E-state index contributed by atoms with van der Waals surface area (Å²) < 4.78 is 4.17. The second-order valence-corrected chi connectivity index (χ2v) is 5.05. The molecule has 18 heavy (non-hydrogen) atoms. The molecule has 0 aliphatic carbocycles. The van der Waals surface area contributed by atoms with Crippen molar-refractivity contribution < 1.29 is 0 Å². The number of hydrogen-bond acceptors (Lipinski definition) is 2. The highest BCUT2D eigenvalue weighted by Gasteiger charge is 1.98. The van der Waals surface area contributed by atoms with Crippen LogP contribution < -0.4 is 5.32 Å². The molecule has 98 valence electrons. The van der Waals surface area contributed by atoms with Gasteiger partial charge in [-0.15, -0.1) is 0 Å². The van der Waals surface area contributed by atoms with Crippen LogP contribution in [-0.2, 0) is 19.6 Å². The molecule has 0 fully saturated rings. The Morgan fingerprint density at radius 1 is 1.28 bits per heavy atom. The van der Waals surface area contributed by atoms with Crippen LogP contribution in [-0.4, -0.2) is 20.9 Å². The van der Waals surface area contributed by atoms with Crippen LogP contribution in [0, 0.1) is 5.92 Å². The molecule has 0 amide bonds. The van der Waals surface area contributed by atoms with Crippen LogP contribution in [0.25, 0.3) is 0 Å². The average molecular weight is 246 g/mol. The van der Waals surface area contributed by atoms with Gasteiger partial charge in [-0.3, -0.25) is 4.68 Å². The Balaban J connectivity index is 1.75. The van der Waals surface area contributed by atoms with Gasteiger partial charge in [0.2, 0.25) is 0 Å². The van der Waals surface area contributed by atoms with Crippen molar-refractivity contribution in [2.75, 3.05) is 6.54 Å². The first-order valence-corrected chi connectivity index (χ1v) is 6.57. The van der Waals surface area contributed by atoms with Crippen molar-refractivity contribution in [1.29, 1.82) is 0 Å². The van der Waals surface area contributed by atoms with Crippen LogP contribution in [0.15, 0.2) is 36.9 Å². The summed E-state index contributed by atoms with van der Waals surface area (Å²) in [6.07, 6.45) is 8.15. The van der Waals surface area contributed by atoms with E-state index in [9.17, 15) is 0 Å². The SMILES string of the molecule is CC(C)CNCc1ccn(CCn2cccn2)c1. The molecule has 2 heterocycles. The Hall–Kier alpha value is -1.55. The molecule has 2 rings (SSSR count). The third-order valence-corrected chi connectivity index (χ3v) is 2.84. The molecule has 0 bridgehead atoms. The molecule has 0 aromatic carbocycles. The summed E-state index contributed by atoms with van der Waals surface area (Å²) in [6, 6.07) is 4.13. The molecule has 2 aromatic rings. The van der Waals surface area contributed by atoms with E-state index in [0.29, 0.717) is 5.92 Å². The van der Waals surface area contributed by atoms with E-state index in [4.69, 9.17) is 0 Å². The van der Waals surface area contributed by atoms with Gasteiger partial charge in [0.15, 0.2) is 0 Å². The Morgan fingerprint density at radius 2 is 2.17 bits per heavy atom. The van der Waals surface area contributed by atoms with E-state index < -0.39 is 0 Å². The molecule has 1 N–H and O–H groups in total. The van der Waals surface area contributed by atoms with Crippen molar-refractivity contribution in [3.05, 3.63) is 42.5 Å². The summed E-state index contributed by atoms with van der Waals surface area (Å²) in [5, 5.41) is 7.65. The molecule has 4 nitrogen and oxygen atoms in total. The maximum absolute atomic E-state index is 4.20. The zero-order chi connectivity index (χ0) is 12.8. The highest BCUT2D eigenvalue weighted by Crippen LogP contribution is 2.02. The van der Waals surface area contributed by atoms with Crippen LogP contribution >= 0.6 is 0 Å². The first-order valence-electron chi connectivity index (χ1n) is 6.57. The fourth-order valence-corrected chi connectivity index (χ4v) is 1.89. The summed E-state index contributed by atoms with van der Waals surface area (Å²) in [5.74, 6) is 0.701. The van der Waals surface area contributed by atoms with Gasteiger partial charge in [-0.1, -0.05) is 13.8 Å². The predicted octanol–water partition coefficient (Wildman–Crippen LogP) is 2.13. The monoisotopic (exact) mass is 246 g/mol. The predicted molar refractivity (Wildman–Crippen MR) is 73.2 cm³/mol. The molecular weight excluding hydrogens is 224 g/mol. The van der Waals surface area contributed by atoms with E-state index in [1.807, 2.05) is 23.1 Å². The standard InChI is InChI=1S/C14H22N4/c1-13(2)10-15-11-14-4-7-17(12-14)8-9-18-6-3-5-16-18/h3-7,12-13,15H,8-11H2,1-2H3. The molecule has 0 saturated carbocycles. The third kappa shape index (κ3) is 4.04. The maximum Gasteiger partial charge on any atom is 0.0588 e. The Labute approximate surface area is 109 Å². The molecule has 0 aliphatic rings. The Kier molecular flexibility index (Phi) is 4.59. The summed E-state index contributed by atoms with van der Waals surface area (Å²) in [5.41, 5.74) is 1.34. The highest BCUT2D eigenvalue weighted by molar-refractivity contribution is 5.09. The molecule has 0 saturated heterocycles. The van der Waals surface area contributed by atoms with Gasteiger partial charge in [0, 0.05) is 37.9 Å². The lowest BCUT2D eigenvalue weighted by molar-refractivity contribution is 0.531. The van der Waals surface area contributed by atoms with Gasteiger partial charge in [-0.2, -0.15) is 5.10 Å². The summed E-state index contributed by atoms with van der Waals surface area (Å²) >= 11 is 0. The topological polar surface area (TPSA) is 34.8 Å². The maximum atomic E-state index is 4.20. The Bertz CT molecular complexity index is 442. The van der Waals surface area contributed by atoms with Gasteiger partial charge in [0.1, 0.15) is 0 Å². The lowest BCUT2D eigenvalue weighted by atomic mass is 10.2. The van der Waals surface area contributed by atoms with E-state index in [1.54, 1.807) is 0 Å². The quantitative estimate of drug-likeness (QED) is 0.812. The van der Waals surface area contributed by atoms with E-state index in [0.717, 1.165) is 26.2 Å². The average Bonchev–Trinajstić information content (AvgIpc) is 2.96. The van der Waals surface area contributed by atoms with Crippen molar-refractivity contribution in [3.63, 3.8) is 0 Å². The molecule has 0 radical (unpaired) electrons. The summed E-state index contributed by atoms with van der Waals surface area (Å²) in [6.45, 7) is 8.35. The van der Waals surface area contributed by atoms with E-state index in [2.05, 4.69) is 47.3 Å². The molecule has 0 unspecified atom stereocenters. The number of nitrogens with one attached hydrogen (secondary N) is 1.